The lowest BCUT2D eigenvalue weighted by molar-refractivity contribution is -0.173. The number of ether oxygens (including phenoxy) is 8. The number of piperidine rings is 1. The number of methoxy groups -OCH3 is 4. The van der Waals surface area contributed by atoms with Gasteiger partial charge in [-0.1, -0.05) is 55.8 Å². The second-order valence-corrected chi connectivity index (χ2v) is 18.8. The lowest BCUT2D eigenvalue weighted by atomic mass is 9.72. The molecule has 0 radical (unpaired) electrons. The number of carbonyl (C=O) groups excluding carboxylic acids is 1. The van der Waals surface area contributed by atoms with Crippen molar-refractivity contribution in [2.45, 2.75) is 83.1 Å². The average molecular weight is 931 g/mol. The van der Waals surface area contributed by atoms with Gasteiger partial charge in [0.15, 0.2) is 28.8 Å². The lowest BCUT2D eigenvalue weighted by Crippen LogP contribution is -2.48. The van der Waals surface area contributed by atoms with Crippen LogP contribution in [0.1, 0.15) is 96.5 Å². The van der Waals surface area contributed by atoms with E-state index in [1.54, 1.807) is 28.4 Å². The largest absolute Gasteiger partial charge is 0.493 e. The van der Waals surface area contributed by atoms with E-state index in [4.69, 9.17) is 43.0 Å². The Kier molecular flexibility index (Phi) is 15.3. The van der Waals surface area contributed by atoms with E-state index in [0.29, 0.717) is 74.9 Å². The standard InChI is InChI=1S/C56H70N2O10/c1-7-35-34-57-19-16-37-29-50(61-3)52(63-5)31-44(37)48(57)27-39(35)28-49-45-32-53(64-6)51(62-4)30-38(45)17-20-58(49)55(60)54-33-47(42-15-11-14-41-40-13-10-9-12-36(40)26-46(41)42)43(56(68-54)67-8-2)18-22-65-24-25-66-23-21-59/h9-15,29-33,35,39,43,47-49,56,59H,7-8,16-28,34H2,1-6H3. The predicted octanol–water partition coefficient (Wildman–Crippen LogP) is 8.85. The molecule has 1 N–H and O–H groups in total. The molecule has 7 atom stereocenters. The summed E-state index contributed by atoms with van der Waals surface area (Å²) in [7, 11) is 6.77. The maximum Gasteiger partial charge on any atom is 0.289 e. The molecule has 364 valence electrons. The normalized spacial score (nSPS) is 23.8. The molecule has 5 aliphatic rings. The Hall–Kier alpha value is -5.11. The molecule has 0 bridgehead atoms. The first-order valence-corrected chi connectivity index (χ1v) is 24.8. The molecule has 1 fully saturated rings. The average Bonchev–Trinajstić information content (AvgIpc) is 3.76. The molecule has 4 aromatic carbocycles. The van der Waals surface area contributed by atoms with Crippen molar-refractivity contribution in [3.63, 3.8) is 0 Å². The third-order valence-corrected chi connectivity index (χ3v) is 15.5. The number of aliphatic hydroxyl groups is 1. The van der Waals surface area contributed by atoms with Crippen molar-refractivity contribution >= 4 is 5.91 Å². The summed E-state index contributed by atoms with van der Waals surface area (Å²) in [6.45, 7) is 8.77. The maximum absolute atomic E-state index is 15.7. The number of hydrogen-bond donors (Lipinski definition) is 1. The van der Waals surface area contributed by atoms with Gasteiger partial charge in [-0.15, -0.1) is 0 Å². The summed E-state index contributed by atoms with van der Waals surface area (Å²) < 4.78 is 48.3. The first-order valence-electron chi connectivity index (χ1n) is 24.8. The van der Waals surface area contributed by atoms with Crippen LogP contribution >= 0.6 is 0 Å². The van der Waals surface area contributed by atoms with Crippen LogP contribution < -0.4 is 18.9 Å². The number of hydrogen-bond acceptors (Lipinski definition) is 11. The predicted molar refractivity (Wildman–Crippen MR) is 261 cm³/mol. The van der Waals surface area contributed by atoms with Crippen molar-refractivity contribution in [3.8, 4) is 34.1 Å². The first-order chi connectivity index (χ1) is 33.3. The Morgan fingerprint density at radius 2 is 1.41 bits per heavy atom. The highest BCUT2D eigenvalue weighted by molar-refractivity contribution is 5.92. The van der Waals surface area contributed by atoms with Crippen LogP contribution in [0.2, 0.25) is 0 Å². The zero-order valence-corrected chi connectivity index (χ0v) is 40.8. The van der Waals surface area contributed by atoms with Gasteiger partial charge in [-0.3, -0.25) is 9.69 Å². The van der Waals surface area contributed by atoms with E-state index in [-0.39, 0.29) is 43.0 Å². The zero-order valence-electron chi connectivity index (χ0n) is 40.8. The minimum absolute atomic E-state index is 0.0240. The van der Waals surface area contributed by atoms with Gasteiger partial charge in [0.2, 0.25) is 6.29 Å². The summed E-state index contributed by atoms with van der Waals surface area (Å²) in [6, 6.07) is 23.8. The Balaban J connectivity index is 1.08. The highest BCUT2D eigenvalue weighted by atomic mass is 16.7. The number of benzene rings is 4. The zero-order chi connectivity index (χ0) is 47.3. The van der Waals surface area contributed by atoms with Gasteiger partial charge in [-0.05, 0) is 138 Å². The number of aliphatic hydroxyl groups excluding tert-OH is 1. The second-order valence-electron chi connectivity index (χ2n) is 18.8. The van der Waals surface area contributed by atoms with Crippen molar-refractivity contribution in [2.24, 2.45) is 17.8 Å². The van der Waals surface area contributed by atoms with E-state index in [1.807, 2.05) is 6.92 Å². The van der Waals surface area contributed by atoms with Crippen LogP contribution in [0.3, 0.4) is 0 Å². The highest BCUT2D eigenvalue weighted by Gasteiger charge is 2.45. The summed E-state index contributed by atoms with van der Waals surface area (Å²) in [5.74, 6) is 3.52. The fourth-order valence-electron chi connectivity index (χ4n) is 12.1. The SMILES string of the molecule is CCOC1OC(C(=O)N2CCc3cc(OC)c(OC)cc3C2CC2CC3c4cc(OC)c(OC)cc4CCN3CC2CC)=CC(c2cccc3c2Cc2ccccc2-3)C1CCOCCOCCO. The fourth-order valence-corrected chi connectivity index (χ4v) is 12.1. The summed E-state index contributed by atoms with van der Waals surface area (Å²) in [5, 5.41) is 9.17. The van der Waals surface area contributed by atoms with Crippen LogP contribution in [0.5, 0.6) is 23.0 Å². The minimum atomic E-state index is -0.682. The Morgan fingerprint density at radius 1 is 0.735 bits per heavy atom. The van der Waals surface area contributed by atoms with Crippen molar-refractivity contribution in [3.05, 3.63) is 118 Å². The van der Waals surface area contributed by atoms with E-state index < -0.39 is 6.29 Å². The van der Waals surface area contributed by atoms with E-state index in [2.05, 4.69) is 89.5 Å². The quantitative estimate of drug-likeness (QED) is 0.0801. The Morgan fingerprint density at radius 3 is 2.13 bits per heavy atom. The number of amides is 1. The monoisotopic (exact) mass is 931 g/mol. The molecular formula is C56H70N2O10. The fraction of sp³-hybridized carbons (Fsp3) is 0.518. The van der Waals surface area contributed by atoms with E-state index in [0.717, 1.165) is 62.3 Å². The molecule has 12 nitrogen and oxygen atoms in total. The number of carbonyl (C=O) groups is 1. The summed E-state index contributed by atoms with van der Waals surface area (Å²) in [4.78, 5) is 20.5. The van der Waals surface area contributed by atoms with Crippen LogP contribution in [0.4, 0.5) is 0 Å². The van der Waals surface area contributed by atoms with Crippen LogP contribution in [-0.4, -0.2) is 115 Å². The first kappa shape index (κ1) is 47.9. The van der Waals surface area contributed by atoms with Gasteiger partial charge in [0.25, 0.3) is 5.91 Å². The van der Waals surface area contributed by atoms with Gasteiger partial charge >= 0.3 is 0 Å². The molecule has 12 heteroatoms. The summed E-state index contributed by atoms with van der Waals surface area (Å²) in [5.41, 5.74) is 11.2. The highest BCUT2D eigenvalue weighted by Crippen LogP contribution is 2.51. The van der Waals surface area contributed by atoms with Crippen molar-refractivity contribution in [1.29, 1.82) is 0 Å². The topological polar surface area (TPSA) is 118 Å². The Bertz CT molecular complexity index is 2440. The molecule has 1 saturated heterocycles. The number of nitrogens with zero attached hydrogens (tertiary/aromatic N) is 2. The molecule has 0 spiro atoms. The third kappa shape index (κ3) is 9.47. The number of allylic oxidation sites excluding steroid dienone is 1. The van der Waals surface area contributed by atoms with Crippen molar-refractivity contribution < 1.29 is 47.8 Å². The van der Waals surface area contributed by atoms with Crippen molar-refractivity contribution in [1.82, 2.24) is 9.80 Å². The molecule has 0 saturated carbocycles. The maximum atomic E-state index is 15.7. The number of fused-ring (bicyclic) bond motifs is 7. The van der Waals surface area contributed by atoms with Gasteiger partial charge in [-0.25, -0.2) is 0 Å². The van der Waals surface area contributed by atoms with Crippen LogP contribution in [0.25, 0.3) is 11.1 Å². The molecular weight excluding hydrogens is 861 g/mol. The van der Waals surface area contributed by atoms with Crippen molar-refractivity contribution in [2.75, 3.05) is 87.7 Å². The minimum Gasteiger partial charge on any atom is -0.493 e. The van der Waals surface area contributed by atoms with Gasteiger partial charge in [0.05, 0.1) is 60.9 Å². The number of rotatable bonds is 19. The van der Waals surface area contributed by atoms with Gasteiger partial charge in [0, 0.05) is 50.7 Å². The molecule has 1 amide bonds. The summed E-state index contributed by atoms with van der Waals surface area (Å²) >= 11 is 0. The Labute approximate surface area is 402 Å². The van der Waals surface area contributed by atoms with E-state index in [1.165, 1.54) is 44.5 Å². The van der Waals surface area contributed by atoms with Gasteiger partial charge in [0.1, 0.15) is 0 Å². The van der Waals surface area contributed by atoms with Crippen LogP contribution in [0, 0.1) is 17.8 Å². The molecule has 7 unspecified atom stereocenters. The smallest absolute Gasteiger partial charge is 0.289 e. The van der Waals surface area contributed by atoms with E-state index in [9.17, 15) is 0 Å². The van der Waals surface area contributed by atoms with Crippen LogP contribution in [-0.2, 0) is 43.0 Å². The molecule has 0 aromatic heterocycles. The third-order valence-electron chi connectivity index (χ3n) is 15.5. The second kappa shape index (κ2) is 21.7. The summed E-state index contributed by atoms with van der Waals surface area (Å²) in [6.07, 6.45) is 7.32. The molecule has 4 aromatic rings. The van der Waals surface area contributed by atoms with Gasteiger partial charge < -0.3 is 47.9 Å². The molecule has 1 aliphatic carbocycles. The lowest BCUT2D eigenvalue weighted by Gasteiger charge is -2.49. The van der Waals surface area contributed by atoms with E-state index >= 15 is 4.79 Å². The molecule has 4 heterocycles. The van der Waals surface area contributed by atoms with Crippen LogP contribution in [0.15, 0.2) is 78.6 Å². The molecule has 4 aliphatic heterocycles. The van der Waals surface area contributed by atoms with Gasteiger partial charge in [-0.2, -0.15) is 0 Å². The molecule has 9 rings (SSSR count). The molecule has 68 heavy (non-hydrogen) atoms.